The Morgan fingerprint density at radius 1 is 1.41 bits per heavy atom. The number of benzene rings is 1. The highest BCUT2D eigenvalue weighted by molar-refractivity contribution is 6.01. The molecule has 5 heteroatoms. The van der Waals surface area contributed by atoms with Gasteiger partial charge in [0.25, 0.3) is 5.91 Å². The topological polar surface area (TPSA) is 98.4 Å². The van der Waals surface area contributed by atoms with Crippen LogP contribution in [0.4, 0.5) is 11.4 Å². The van der Waals surface area contributed by atoms with Crippen LogP contribution >= 0.6 is 0 Å². The maximum absolute atomic E-state index is 12.1. The fourth-order valence-corrected chi connectivity index (χ4v) is 1.67. The fourth-order valence-electron chi connectivity index (χ4n) is 1.67. The summed E-state index contributed by atoms with van der Waals surface area (Å²) in [7, 11) is 0. The van der Waals surface area contributed by atoms with Gasteiger partial charge in [-0.05, 0) is 25.5 Å². The van der Waals surface area contributed by atoms with Gasteiger partial charge in [-0.25, -0.2) is 5.84 Å². The summed E-state index contributed by atoms with van der Waals surface area (Å²) in [4.78, 5) is 12.1. The van der Waals surface area contributed by atoms with E-state index in [1.807, 2.05) is 13.8 Å². The van der Waals surface area contributed by atoms with Crippen LogP contribution in [0, 0.1) is 0 Å². The van der Waals surface area contributed by atoms with Gasteiger partial charge in [0, 0.05) is 6.04 Å². The summed E-state index contributed by atoms with van der Waals surface area (Å²) in [5.41, 5.74) is 12.5. The van der Waals surface area contributed by atoms with Gasteiger partial charge in [0.15, 0.2) is 0 Å². The molecular formula is C12H20N4O. The minimum atomic E-state index is -0.296. The van der Waals surface area contributed by atoms with E-state index in [1.165, 1.54) is 5.01 Å². The smallest absolute Gasteiger partial charge is 0.270 e. The molecule has 0 aromatic heterocycles. The van der Waals surface area contributed by atoms with Gasteiger partial charge in [0.1, 0.15) is 0 Å². The number of nitrogen functional groups attached to an aromatic ring is 2. The van der Waals surface area contributed by atoms with Crippen molar-refractivity contribution in [3.8, 4) is 0 Å². The Balaban J connectivity index is 2.93. The van der Waals surface area contributed by atoms with E-state index < -0.39 is 0 Å². The number of hydrogen-bond donors (Lipinski definition) is 3. The second-order valence-electron chi connectivity index (χ2n) is 4.16. The van der Waals surface area contributed by atoms with Crippen LogP contribution in [0.5, 0.6) is 0 Å². The van der Waals surface area contributed by atoms with E-state index in [0.29, 0.717) is 11.3 Å². The maximum atomic E-state index is 12.1. The zero-order valence-corrected chi connectivity index (χ0v) is 10.3. The number of hydrogen-bond acceptors (Lipinski definition) is 4. The van der Waals surface area contributed by atoms with Crippen molar-refractivity contribution < 1.29 is 4.79 Å². The second-order valence-corrected chi connectivity index (χ2v) is 4.16. The summed E-state index contributed by atoms with van der Waals surface area (Å²) in [6.07, 6.45) is 1.82. The average Bonchev–Trinajstić information content (AvgIpc) is 2.31. The second kappa shape index (κ2) is 5.54. The molecule has 1 atom stereocenters. The maximum Gasteiger partial charge on any atom is 0.270 e. The van der Waals surface area contributed by atoms with Crippen LogP contribution < -0.4 is 17.3 Å². The summed E-state index contributed by atoms with van der Waals surface area (Å²) in [6.45, 7) is 3.95. The lowest BCUT2D eigenvalue weighted by Gasteiger charge is -2.24. The number of amides is 1. The van der Waals surface area contributed by atoms with Gasteiger partial charge in [-0.15, -0.1) is 0 Å². The Bertz CT molecular complexity index is 405. The van der Waals surface area contributed by atoms with Crippen molar-refractivity contribution in [3.63, 3.8) is 0 Å². The van der Waals surface area contributed by atoms with Gasteiger partial charge >= 0.3 is 0 Å². The van der Waals surface area contributed by atoms with E-state index in [2.05, 4.69) is 0 Å². The SMILES string of the molecule is CCCC(C)N(N)C(=O)c1cccc(N)c1N. The molecule has 0 saturated heterocycles. The third-order valence-corrected chi connectivity index (χ3v) is 2.79. The number of rotatable bonds is 4. The lowest BCUT2D eigenvalue weighted by molar-refractivity contribution is 0.0684. The third-order valence-electron chi connectivity index (χ3n) is 2.79. The molecule has 1 rings (SSSR count). The van der Waals surface area contributed by atoms with E-state index in [-0.39, 0.29) is 17.6 Å². The molecule has 6 N–H and O–H groups in total. The predicted octanol–water partition coefficient (Wildman–Crippen LogP) is 1.36. The number of nitrogens with two attached hydrogens (primary N) is 3. The Kier molecular flexibility index (Phi) is 4.34. The Morgan fingerprint density at radius 2 is 2.06 bits per heavy atom. The average molecular weight is 236 g/mol. The molecule has 1 aromatic carbocycles. The normalized spacial score (nSPS) is 12.2. The van der Waals surface area contributed by atoms with Crippen LogP contribution in [0.1, 0.15) is 37.0 Å². The highest BCUT2D eigenvalue weighted by atomic mass is 16.2. The molecule has 0 bridgehead atoms. The van der Waals surface area contributed by atoms with E-state index >= 15 is 0 Å². The third kappa shape index (κ3) is 2.88. The summed E-state index contributed by atoms with van der Waals surface area (Å²) in [5.74, 6) is 5.49. The van der Waals surface area contributed by atoms with Crippen molar-refractivity contribution in [1.82, 2.24) is 5.01 Å². The van der Waals surface area contributed by atoms with E-state index in [9.17, 15) is 4.79 Å². The molecule has 1 amide bonds. The van der Waals surface area contributed by atoms with Crippen LogP contribution in [-0.4, -0.2) is 17.0 Å². The summed E-state index contributed by atoms with van der Waals surface area (Å²) in [6, 6.07) is 4.96. The lowest BCUT2D eigenvalue weighted by Crippen LogP contribution is -2.44. The number of carbonyl (C=O) groups excluding carboxylic acids is 1. The minimum Gasteiger partial charge on any atom is -0.397 e. The van der Waals surface area contributed by atoms with Crippen molar-refractivity contribution in [3.05, 3.63) is 23.8 Å². The predicted molar refractivity (Wildman–Crippen MR) is 70.0 cm³/mol. The highest BCUT2D eigenvalue weighted by Gasteiger charge is 2.20. The summed E-state index contributed by atoms with van der Waals surface area (Å²) >= 11 is 0. The van der Waals surface area contributed by atoms with Crippen molar-refractivity contribution in [1.29, 1.82) is 0 Å². The first kappa shape index (κ1) is 13.3. The van der Waals surface area contributed by atoms with E-state index in [4.69, 9.17) is 17.3 Å². The molecular weight excluding hydrogens is 216 g/mol. The number of para-hydroxylation sites is 1. The monoisotopic (exact) mass is 236 g/mol. The molecule has 1 aromatic rings. The Labute approximate surface area is 102 Å². The van der Waals surface area contributed by atoms with Crippen LogP contribution in [0.2, 0.25) is 0 Å². The lowest BCUT2D eigenvalue weighted by atomic mass is 10.1. The van der Waals surface area contributed by atoms with Gasteiger partial charge in [-0.1, -0.05) is 19.4 Å². The quantitative estimate of drug-likeness (QED) is 0.318. The molecule has 17 heavy (non-hydrogen) atoms. The van der Waals surface area contributed by atoms with Crippen molar-refractivity contribution in [2.24, 2.45) is 5.84 Å². The summed E-state index contributed by atoms with van der Waals surface area (Å²) < 4.78 is 0. The zero-order chi connectivity index (χ0) is 13.0. The largest absolute Gasteiger partial charge is 0.397 e. The number of anilines is 2. The standard InChI is InChI=1S/C12H20N4O/c1-3-5-8(2)16(15)12(17)9-6-4-7-10(13)11(9)14/h4,6-8H,3,5,13-15H2,1-2H3. The highest BCUT2D eigenvalue weighted by Crippen LogP contribution is 2.21. The first-order chi connectivity index (χ1) is 7.99. The Morgan fingerprint density at radius 3 is 2.65 bits per heavy atom. The van der Waals surface area contributed by atoms with Gasteiger partial charge in [-0.2, -0.15) is 0 Å². The zero-order valence-electron chi connectivity index (χ0n) is 10.3. The van der Waals surface area contributed by atoms with Crippen molar-refractivity contribution in [2.45, 2.75) is 32.7 Å². The summed E-state index contributed by atoms with van der Waals surface area (Å²) in [5, 5.41) is 1.22. The molecule has 0 spiro atoms. The number of nitrogens with zero attached hydrogens (tertiary/aromatic N) is 1. The van der Waals surface area contributed by atoms with Gasteiger partial charge in [0.05, 0.1) is 16.9 Å². The molecule has 0 fully saturated rings. The molecule has 0 radical (unpaired) electrons. The number of carbonyl (C=O) groups is 1. The molecule has 0 aliphatic heterocycles. The van der Waals surface area contributed by atoms with Gasteiger partial charge < -0.3 is 11.5 Å². The van der Waals surface area contributed by atoms with Crippen LogP contribution in [0.3, 0.4) is 0 Å². The number of hydrazine groups is 1. The van der Waals surface area contributed by atoms with Gasteiger partial charge in [0.2, 0.25) is 0 Å². The minimum absolute atomic E-state index is 0.0201. The molecule has 94 valence electrons. The molecule has 0 aliphatic carbocycles. The van der Waals surface area contributed by atoms with Crippen molar-refractivity contribution in [2.75, 3.05) is 11.5 Å². The fraction of sp³-hybridized carbons (Fsp3) is 0.417. The molecule has 0 heterocycles. The van der Waals surface area contributed by atoms with Crippen LogP contribution in [0.15, 0.2) is 18.2 Å². The first-order valence-electron chi connectivity index (χ1n) is 5.71. The molecule has 5 nitrogen and oxygen atoms in total. The molecule has 0 saturated carbocycles. The van der Waals surface area contributed by atoms with Crippen LogP contribution in [0.25, 0.3) is 0 Å². The van der Waals surface area contributed by atoms with E-state index in [1.54, 1.807) is 18.2 Å². The van der Waals surface area contributed by atoms with E-state index in [0.717, 1.165) is 12.8 Å². The first-order valence-corrected chi connectivity index (χ1v) is 5.71. The molecule has 1 unspecified atom stereocenters. The van der Waals surface area contributed by atoms with Gasteiger partial charge in [-0.3, -0.25) is 9.80 Å². The Hall–Kier alpha value is -1.75. The van der Waals surface area contributed by atoms with Crippen molar-refractivity contribution >= 4 is 17.3 Å². The molecule has 0 aliphatic rings. The van der Waals surface area contributed by atoms with Crippen LogP contribution in [-0.2, 0) is 0 Å².